The maximum absolute atomic E-state index is 15.4. The van der Waals surface area contributed by atoms with Crippen LogP contribution in [0.2, 0.25) is 0 Å². The van der Waals surface area contributed by atoms with Crippen LogP contribution in [-0.4, -0.2) is 78.3 Å². The van der Waals surface area contributed by atoms with E-state index in [-0.39, 0.29) is 23.7 Å². The Morgan fingerprint density at radius 1 is 1.34 bits per heavy atom. The molecule has 8 nitrogen and oxygen atoms in total. The first-order valence-corrected chi connectivity index (χ1v) is 13.7. The summed E-state index contributed by atoms with van der Waals surface area (Å²) in [5.41, 5.74) is 7.66. The largest absolute Gasteiger partial charge is 0.444 e. The number of benzene rings is 1. The van der Waals surface area contributed by atoms with Crippen LogP contribution in [0.4, 0.5) is 26.4 Å². The summed E-state index contributed by atoms with van der Waals surface area (Å²) in [7, 11) is 4.10. The van der Waals surface area contributed by atoms with Crippen LogP contribution < -0.4 is 16.0 Å². The number of nitrogens with one attached hydrogen (secondary N) is 1. The van der Waals surface area contributed by atoms with Crippen LogP contribution in [0.25, 0.3) is 10.9 Å². The Balaban J connectivity index is 1.49. The second kappa shape index (κ2) is 8.76. The number of halogens is 3. The number of ether oxygens (including phenoxy) is 1. The molecule has 3 atom stereocenters. The number of nitrogen functional groups attached to an aromatic ring is 1. The lowest BCUT2D eigenvalue weighted by Crippen LogP contribution is -2.58. The number of carbonyl (C=O) groups is 1. The highest BCUT2D eigenvalue weighted by molar-refractivity contribution is 14.1. The van der Waals surface area contributed by atoms with Gasteiger partial charge < -0.3 is 30.5 Å². The SMILES string of the molecule is CN(C)C1CN(c2nc3c(F)c(Br)c(I)cc3c(NC3C4CC3N(C(=O)OC(C)(C)C)C4)c2N)C1. The molecule has 11 heteroatoms. The molecule has 1 saturated carbocycles. The third-order valence-electron chi connectivity index (χ3n) is 7.26. The van der Waals surface area contributed by atoms with Crippen LogP contribution in [0.5, 0.6) is 0 Å². The van der Waals surface area contributed by atoms with Gasteiger partial charge in [-0.1, -0.05) is 0 Å². The average Bonchev–Trinajstić information content (AvgIpc) is 3.30. The van der Waals surface area contributed by atoms with Gasteiger partial charge in [0.05, 0.1) is 27.9 Å². The molecule has 1 aromatic heterocycles. The summed E-state index contributed by atoms with van der Waals surface area (Å²) in [6.07, 6.45) is 0.628. The Bertz CT molecular complexity index is 1200. The number of fused-ring (bicyclic) bond motifs is 2. The molecule has 0 spiro atoms. The van der Waals surface area contributed by atoms with E-state index in [0.29, 0.717) is 45.6 Å². The Labute approximate surface area is 227 Å². The molecule has 3 unspecified atom stereocenters. The van der Waals surface area contributed by atoms with Gasteiger partial charge in [-0.3, -0.25) is 0 Å². The fourth-order valence-electron chi connectivity index (χ4n) is 5.19. The molecule has 1 aromatic carbocycles. The highest BCUT2D eigenvalue weighted by Gasteiger charge is 2.55. The number of pyridine rings is 1. The molecule has 3 N–H and O–H groups in total. The summed E-state index contributed by atoms with van der Waals surface area (Å²) < 4.78 is 22.1. The molecule has 3 aliphatic heterocycles. The Kier molecular flexibility index (Phi) is 6.27. The van der Waals surface area contributed by atoms with Crippen molar-refractivity contribution in [2.75, 3.05) is 49.7 Å². The number of nitrogens with zero attached hydrogens (tertiary/aromatic N) is 4. The minimum Gasteiger partial charge on any atom is -0.444 e. The lowest BCUT2D eigenvalue weighted by Gasteiger charge is -2.44. The maximum Gasteiger partial charge on any atom is 0.410 e. The summed E-state index contributed by atoms with van der Waals surface area (Å²) in [5, 5.41) is 4.26. The third-order valence-corrected chi connectivity index (χ3v) is 9.63. The van der Waals surface area contributed by atoms with E-state index in [1.54, 1.807) is 0 Å². The summed E-state index contributed by atoms with van der Waals surface area (Å²) in [4.78, 5) is 23.5. The van der Waals surface area contributed by atoms with E-state index in [2.05, 4.69) is 53.6 Å². The summed E-state index contributed by atoms with van der Waals surface area (Å²) in [5.74, 6) is 0.494. The Morgan fingerprint density at radius 3 is 2.66 bits per heavy atom. The number of rotatable bonds is 4. The van der Waals surface area contributed by atoms with Gasteiger partial charge in [0.25, 0.3) is 0 Å². The summed E-state index contributed by atoms with van der Waals surface area (Å²) >= 11 is 5.47. The summed E-state index contributed by atoms with van der Waals surface area (Å²) in [6.45, 7) is 7.82. The van der Waals surface area contributed by atoms with E-state index in [1.165, 1.54) is 0 Å². The molecule has 6 rings (SSSR count). The lowest BCUT2D eigenvalue weighted by molar-refractivity contribution is 0.0239. The van der Waals surface area contributed by atoms with Crippen LogP contribution in [0.15, 0.2) is 10.5 Å². The predicted molar refractivity (Wildman–Crippen MR) is 148 cm³/mol. The van der Waals surface area contributed by atoms with Gasteiger partial charge in [0.2, 0.25) is 0 Å². The molecular weight excluding hydrogens is 630 g/mol. The first-order valence-electron chi connectivity index (χ1n) is 11.8. The van der Waals surface area contributed by atoms with Gasteiger partial charge in [-0.05, 0) is 85.9 Å². The smallest absolute Gasteiger partial charge is 0.410 e. The average molecular weight is 661 g/mol. The van der Waals surface area contributed by atoms with E-state index in [1.807, 2.05) is 45.8 Å². The number of hydrogen-bond donors (Lipinski definition) is 2. The van der Waals surface area contributed by atoms with Crippen molar-refractivity contribution in [1.29, 1.82) is 0 Å². The van der Waals surface area contributed by atoms with Crippen LogP contribution in [-0.2, 0) is 4.74 Å². The highest BCUT2D eigenvalue weighted by atomic mass is 127. The number of likely N-dealkylation sites (N-methyl/N-ethyl adjacent to an activating group) is 1. The van der Waals surface area contributed by atoms with Gasteiger partial charge >= 0.3 is 6.09 Å². The number of hydrogen-bond acceptors (Lipinski definition) is 7. The Morgan fingerprint density at radius 2 is 2.03 bits per heavy atom. The van der Waals surface area contributed by atoms with Crippen molar-refractivity contribution < 1.29 is 13.9 Å². The van der Waals surface area contributed by atoms with Crippen molar-refractivity contribution in [3.8, 4) is 0 Å². The maximum atomic E-state index is 15.4. The zero-order valence-corrected chi connectivity index (χ0v) is 24.3. The minimum atomic E-state index is -0.545. The Hall–Kier alpha value is -1.60. The van der Waals surface area contributed by atoms with Crippen molar-refractivity contribution in [2.45, 2.75) is 50.9 Å². The van der Waals surface area contributed by atoms with Gasteiger partial charge in [-0.2, -0.15) is 0 Å². The molecule has 4 fully saturated rings. The normalized spacial score (nSPS) is 24.1. The number of aromatic nitrogens is 1. The number of nitrogens with two attached hydrogens (primary N) is 1. The first kappa shape index (κ1) is 25.1. The van der Waals surface area contributed by atoms with Crippen LogP contribution in [0.1, 0.15) is 27.2 Å². The van der Waals surface area contributed by atoms with Crippen molar-refractivity contribution in [3.05, 3.63) is 19.9 Å². The molecule has 1 amide bonds. The fraction of sp³-hybridized carbons (Fsp3) is 0.583. The van der Waals surface area contributed by atoms with E-state index in [0.717, 1.165) is 23.1 Å². The van der Waals surface area contributed by atoms with E-state index >= 15 is 4.39 Å². The number of carbonyl (C=O) groups excluding carboxylic acids is 1. The quantitative estimate of drug-likeness (QED) is 0.369. The van der Waals surface area contributed by atoms with Crippen LogP contribution in [0, 0.1) is 15.3 Å². The monoisotopic (exact) mass is 660 g/mol. The first-order chi connectivity index (χ1) is 16.4. The number of amides is 1. The molecule has 190 valence electrons. The molecular formula is C24H31BrFIN6O2. The van der Waals surface area contributed by atoms with Crippen molar-refractivity contribution in [1.82, 2.24) is 14.8 Å². The molecule has 1 aliphatic carbocycles. The minimum absolute atomic E-state index is 0.0161. The van der Waals surface area contributed by atoms with Crippen LogP contribution in [0.3, 0.4) is 0 Å². The van der Waals surface area contributed by atoms with Crippen molar-refractivity contribution in [3.63, 3.8) is 0 Å². The lowest BCUT2D eigenvalue weighted by atomic mass is 9.79. The molecule has 0 radical (unpaired) electrons. The van der Waals surface area contributed by atoms with E-state index in [9.17, 15) is 4.79 Å². The van der Waals surface area contributed by atoms with Gasteiger partial charge in [0, 0.05) is 40.6 Å². The fourth-order valence-corrected chi connectivity index (χ4v) is 6.04. The molecule has 4 heterocycles. The predicted octanol–water partition coefficient (Wildman–Crippen LogP) is 4.49. The molecule has 2 bridgehead atoms. The molecule has 4 aliphatic rings. The van der Waals surface area contributed by atoms with Gasteiger partial charge in [-0.15, -0.1) is 0 Å². The topological polar surface area (TPSA) is 87.0 Å². The van der Waals surface area contributed by atoms with E-state index in [4.69, 9.17) is 15.5 Å². The highest BCUT2D eigenvalue weighted by Crippen LogP contribution is 2.47. The van der Waals surface area contributed by atoms with Gasteiger partial charge in [0.1, 0.15) is 11.1 Å². The molecule has 3 saturated heterocycles. The second-order valence-corrected chi connectivity index (χ2v) is 13.0. The van der Waals surface area contributed by atoms with Crippen LogP contribution >= 0.6 is 38.5 Å². The summed E-state index contributed by atoms with van der Waals surface area (Å²) in [6, 6.07) is 2.35. The van der Waals surface area contributed by atoms with Crippen molar-refractivity contribution >= 4 is 72.7 Å². The van der Waals surface area contributed by atoms with E-state index < -0.39 is 11.4 Å². The zero-order chi connectivity index (χ0) is 25.4. The standard InChI is InChI=1S/C24H31BrFIN6O2/c1-24(2,3)35-23(34)33-8-11-6-15(33)19(11)29-21-13-7-14(27)16(25)17(26)20(13)30-22(18(21)28)32-9-12(10-32)31(4)5/h7,11-12,15,19H,6,8-10,28H2,1-5H3,(H,29,30). The second-order valence-electron chi connectivity index (χ2n) is 11.0. The number of anilines is 3. The van der Waals surface area contributed by atoms with Gasteiger partial charge in [-0.25, -0.2) is 14.2 Å². The molecule has 35 heavy (non-hydrogen) atoms. The zero-order valence-electron chi connectivity index (χ0n) is 20.5. The third kappa shape index (κ3) is 4.30. The van der Waals surface area contributed by atoms with Crippen molar-refractivity contribution in [2.24, 2.45) is 5.92 Å². The molecule has 2 aromatic rings. The van der Waals surface area contributed by atoms with Gasteiger partial charge in [0.15, 0.2) is 11.6 Å².